The summed E-state index contributed by atoms with van der Waals surface area (Å²) in [6.07, 6.45) is 0. The molecule has 0 aliphatic carbocycles. The first kappa shape index (κ1) is 18.1. The minimum absolute atomic E-state index is 0.0881. The lowest BCUT2D eigenvalue weighted by Gasteiger charge is -2.34. The van der Waals surface area contributed by atoms with Crippen LogP contribution in [0.25, 0.3) is 0 Å². The predicted molar refractivity (Wildman–Crippen MR) is 87.8 cm³/mol. The standard InChI is InChI=1S/C16H28N2O2S/c1-12-8-9-14(11-17-6)10-15(12)21(19,20)18(7)13(2)16(3,4)5/h8-10,13,17H,11H2,1-7H3. The van der Waals surface area contributed by atoms with Crippen molar-refractivity contribution < 1.29 is 8.42 Å². The van der Waals surface area contributed by atoms with Gasteiger partial charge in [-0.1, -0.05) is 32.9 Å². The van der Waals surface area contributed by atoms with Gasteiger partial charge < -0.3 is 5.32 Å². The van der Waals surface area contributed by atoms with Crippen molar-refractivity contribution in [3.05, 3.63) is 29.3 Å². The molecule has 1 aromatic rings. The van der Waals surface area contributed by atoms with Crippen LogP contribution in [-0.2, 0) is 16.6 Å². The molecule has 0 heterocycles. The zero-order valence-electron chi connectivity index (χ0n) is 14.2. The Hall–Kier alpha value is -0.910. The summed E-state index contributed by atoms with van der Waals surface area (Å²) in [5, 5.41) is 3.05. The fourth-order valence-corrected chi connectivity index (χ4v) is 3.96. The zero-order valence-corrected chi connectivity index (χ0v) is 15.0. The molecular formula is C16H28N2O2S. The Bertz CT molecular complexity index is 589. The molecular weight excluding hydrogens is 284 g/mol. The number of hydrogen-bond donors (Lipinski definition) is 1. The second-order valence-corrected chi connectivity index (χ2v) is 8.66. The van der Waals surface area contributed by atoms with Crippen molar-refractivity contribution in [3.8, 4) is 0 Å². The average Bonchev–Trinajstić information content (AvgIpc) is 2.38. The van der Waals surface area contributed by atoms with Crippen molar-refractivity contribution in [1.29, 1.82) is 0 Å². The minimum Gasteiger partial charge on any atom is -0.316 e. The van der Waals surface area contributed by atoms with E-state index in [1.807, 2.05) is 53.8 Å². The van der Waals surface area contributed by atoms with Gasteiger partial charge in [-0.3, -0.25) is 0 Å². The number of hydrogen-bond acceptors (Lipinski definition) is 3. The summed E-state index contributed by atoms with van der Waals surface area (Å²) in [5.74, 6) is 0. The summed E-state index contributed by atoms with van der Waals surface area (Å²) in [6, 6.07) is 5.51. The maximum absolute atomic E-state index is 12.9. The van der Waals surface area contributed by atoms with Crippen molar-refractivity contribution in [1.82, 2.24) is 9.62 Å². The Balaban J connectivity index is 3.27. The van der Waals surface area contributed by atoms with Crippen LogP contribution >= 0.6 is 0 Å². The maximum Gasteiger partial charge on any atom is 0.243 e. The van der Waals surface area contributed by atoms with E-state index in [1.54, 1.807) is 13.1 Å². The summed E-state index contributed by atoms with van der Waals surface area (Å²) in [6.45, 7) is 10.6. The molecule has 0 saturated heterocycles. The third-order valence-corrected chi connectivity index (χ3v) is 6.16. The molecule has 5 heteroatoms. The van der Waals surface area contributed by atoms with Gasteiger partial charge in [0.2, 0.25) is 10.0 Å². The van der Waals surface area contributed by atoms with E-state index < -0.39 is 10.0 Å². The van der Waals surface area contributed by atoms with E-state index in [0.717, 1.165) is 11.1 Å². The molecule has 21 heavy (non-hydrogen) atoms. The summed E-state index contributed by atoms with van der Waals surface area (Å²) in [7, 11) is 0.0239. The summed E-state index contributed by atoms with van der Waals surface area (Å²) >= 11 is 0. The van der Waals surface area contributed by atoms with Crippen LogP contribution in [0.2, 0.25) is 0 Å². The first-order valence-corrected chi connectivity index (χ1v) is 8.68. The highest BCUT2D eigenvalue weighted by molar-refractivity contribution is 7.89. The molecule has 0 radical (unpaired) electrons. The van der Waals surface area contributed by atoms with Crippen molar-refractivity contribution >= 4 is 10.0 Å². The number of aryl methyl sites for hydroxylation is 1. The Morgan fingerprint density at radius 1 is 1.29 bits per heavy atom. The first-order chi connectivity index (χ1) is 9.51. The lowest BCUT2D eigenvalue weighted by atomic mass is 9.88. The van der Waals surface area contributed by atoms with Gasteiger partial charge in [0.15, 0.2) is 0 Å². The predicted octanol–water partition coefficient (Wildman–Crippen LogP) is 2.77. The van der Waals surface area contributed by atoms with Crippen LogP contribution < -0.4 is 5.32 Å². The van der Waals surface area contributed by atoms with Crippen molar-refractivity contribution in [3.63, 3.8) is 0 Å². The van der Waals surface area contributed by atoms with Crippen molar-refractivity contribution in [2.75, 3.05) is 14.1 Å². The van der Waals surface area contributed by atoms with Gasteiger partial charge >= 0.3 is 0 Å². The van der Waals surface area contributed by atoms with E-state index >= 15 is 0 Å². The van der Waals surface area contributed by atoms with Crippen LogP contribution in [0.15, 0.2) is 23.1 Å². The molecule has 4 nitrogen and oxygen atoms in total. The highest BCUT2D eigenvalue weighted by atomic mass is 32.2. The molecule has 1 atom stereocenters. The number of nitrogens with one attached hydrogen (secondary N) is 1. The molecule has 0 aromatic heterocycles. The van der Waals surface area contributed by atoms with Crippen LogP contribution in [0, 0.1) is 12.3 Å². The summed E-state index contributed by atoms with van der Waals surface area (Å²) in [5.41, 5.74) is 1.64. The highest BCUT2D eigenvalue weighted by Gasteiger charge is 2.33. The molecule has 0 saturated carbocycles. The summed E-state index contributed by atoms with van der Waals surface area (Å²) < 4.78 is 27.3. The van der Waals surface area contributed by atoms with E-state index in [1.165, 1.54) is 4.31 Å². The second-order valence-electron chi connectivity index (χ2n) is 6.69. The number of sulfonamides is 1. The number of benzene rings is 1. The van der Waals surface area contributed by atoms with Gasteiger partial charge in [-0.15, -0.1) is 0 Å². The minimum atomic E-state index is -3.49. The van der Waals surface area contributed by atoms with Crippen LogP contribution in [0.3, 0.4) is 0 Å². The molecule has 120 valence electrons. The zero-order chi connectivity index (χ0) is 16.4. The molecule has 0 aliphatic heterocycles. The van der Waals surface area contributed by atoms with Gasteiger partial charge in [-0.05, 0) is 43.5 Å². The Morgan fingerprint density at radius 3 is 2.33 bits per heavy atom. The second kappa shape index (κ2) is 6.46. The Kier molecular flexibility index (Phi) is 5.58. The molecule has 0 amide bonds. The normalized spacial score (nSPS) is 14.5. The van der Waals surface area contributed by atoms with E-state index in [2.05, 4.69) is 5.32 Å². The van der Waals surface area contributed by atoms with E-state index in [-0.39, 0.29) is 11.5 Å². The van der Waals surface area contributed by atoms with Gasteiger partial charge in [-0.2, -0.15) is 4.31 Å². The van der Waals surface area contributed by atoms with E-state index in [0.29, 0.717) is 11.4 Å². The number of rotatable bonds is 5. The van der Waals surface area contributed by atoms with Gasteiger partial charge in [0.05, 0.1) is 4.90 Å². The monoisotopic (exact) mass is 312 g/mol. The fraction of sp³-hybridized carbons (Fsp3) is 0.625. The molecule has 1 aromatic carbocycles. The molecule has 0 fully saturated rings. The van der Waals surface area contributed by atoms with Gasteiger partial charge in [0, 0.05) is 19.6 Å². The Labute approximate surface area is 129 Å². The smallest absolute Gasteiger partial charge is 0.243 e. The largest absolute Gasteiger partial charge is 0.316 e. The lowest BCUT2D eigenvalue weighted by Crippen LogP contribution is -2.43. The van der Waals surface area contributed by atoms with Crippen molar-refractivity contribution in [2.45, 2.75) is 52.1 Å². The van der Waals surface area contributed by atoms with E-state index in [9.17, 15) is 8.42 Å². The molecule has 1 unspecified atom stereocenters. The Morgan fingerprint density at radius 2 is 1.86 bits per heavy atom. The topological polar surface area (TPSA) is 49.4 Å². The van der Waals surface area contributed by atoms with Crippen LogP contribution in [-0.4, -0.2) is 32.9 Å². The fourth-order valence-electron chi connectivity index (χ4n) is 2.15. The van der Waals surface area contributed by atoms with Gasteiger partial charge in [0.25, 0.3) is 0 Å². The van der Waals surface area contributed by atoms with Crippen LogP contribution in [0.1, 0.15) is 38.8 Å². The van der Waals surface area contributed by atoms with Crippen LogP contribution in [0.5, 0.6) is 0 Å². The number of nitrogens with zero attached hydrogens (tertiary/aromatic N) is 1. The lowest BCUT2D eigenvalue weighted by molar-refractivity contribution is 0.216. The highest BCUT2D eigenvalue weighted by Crippen LogP contribution is 2.29. The van der Waals surface area contributed by atoms with E-state index in [4.69, 9.17) is 0 Å². The summed E-state index contributed by atoms with van der Waals surface area (Å²) in [4.78, 5) is 0.397. The quantitative estimate of drug-likeness (QED) is 0.909. The molecule has 0 bridgehead atoms. The molecule has 1 rings (SSSR count). The SMILES string of the molecule is CNCc1ccc(C)c(S(=O)(=O)N(C)C(C)C(C)(C)C)c1. The van der Waals surface area contributed by atoms with Gasteiger partial charge in [-0.25, -0.2) is 8.42 Å². The first-order valence-electron chi connectivity index (χ1n) is 7.24. The van der Waals surface area contributed by atoms with Crippen LogP contribution in [0.4, 0.5) is 0 Å². The maximum atomic E-state index is 12.9. The molecule has 0 aliphatic rings. The average molecular weight is 312 g/mol. The third kappa shape index (κ3) is 4.05. The van der Waals surface area contributed by atoms with Gasteiger partial charge in [0.1, 0.15) is 0 Å². The molecule has 0 spiro atoms. The third-order valence-electron chi connectivity index (χ3n) is 4.09. The van der Waals surface area contributed by atoms with Crippen molar-refractivity contribution in [2.24, 2.45) is 5.41 Å². The molecule has 1 N–H and O–H groups in total.